The van der Waals surface area contributed by atoms with Crippen LogP contribution in [-0.2, 0) is 11.3 Å². The maximum absolute atomic E-state index is 13.6. The number of fused-ring (bicyclic) bond motifs is 6. The average molecular weight is 591 g/mol. The molecule has 2 bridgehead atoms. The molecule has 1 amide bonds. The first-order valence-corrected chi connectivity index (χ1v) is 15.4. The lowest BCUT2D eigenvalue weighted by Crippen LogP contribution is -2.39. The number of allylic oxidation sites excluding steroid dienone is 2. The first kappa shape index (κ1) is 26.7. The summed E-state index contributed by atoms with van der Waals surface area (Å²) in [5.41, 5.74) is 9.91. The summed E-state index contributed by atoms with van der Waals surface area (Å²) in [5, 5.41) is 4.91. The lowest BCUT2D eigenvalue weighted by Gasteiger charge is -2.30. The Hall–Kier alpha value is -4.90. The fraction of sp³-hybridized carbons (Fsp3) is 0.333. The third kappa shape index (κ3) is 4.55. The number of benzene rings is 2. The first-order valence-electron chi connectivity index (χ1n) is 15.4. The van der Waals surface area contributed by atoms with Gasteiger partial charge in [0.05, 0.1) is 17.9 Å². The second-order valence-corrected chi connectivity index (χ2v) is 11.9. The van der Waals surface area contributed by atoms with Gasteiger partial charge in [-0.25, -0.2) is 14.3 Å². The van der Waals surface area contributed by atoms with E-state index in [1.807, 2.05) is 35.0 Å². The molecule has 224 valence electrons. The van der Waals surface area contributed by atoms with Gasteiger partial charge >= 0.3 is 0 Å². The maximum atomic E-state index is 13.6. The van der Waals surface area contributed by atoms with Crippen molar-refractivity contribution in [2.75, 3.05) is 23.4 Å². The summed E-state index contributed by atoms with van der Waals surface area (Å²) in [6.07, 6.45) is 13.7. The number of nitrogens with one attached hydrogen (secondary N) is 1. The van der Waals surface area contributed by atoms with Crippen molar-refractivity contribution in [3.05, 3.63) is 77.4 Å². The van der Waals surface area contributed by atoms with Gasteiger partial charge in [0.1, 0.15) is 11.1 Å². The van der Waals surface area contributed by atoms with E-state index in [0.29, 0.717) is 59.3 Å². The molecular weight excluding hydrogens is 556 g/mol. The molecule has 11 heteroatoms. The van der Waals surface area contributed by atoms with Crippen LogP contribution in [-0.4, -0.2) is 49.0 Å². The Morgan fingerprint density at radius 1 is 1.00 bits per heavy atom. The Balaban J connectivity index is 1.18. The number of rotatable bonds is 3. The minimum Gasteiger partial charge on any atom is -0.482 e. The van der Waals surface area contributed by atoms with Crippen LogP contribution in [0.25, 0.3) is 27.6 Å². The number of nitrogens with zero attached hydrogens (tertiary/aromatic N) is 6. The minimum absolute atomic E-state index is 0.0212. The van der Waals surface area contributed by atoms with Gasteiger partial charge in [-0.1, -0.05) is 12.2 Å². The highest BCUT2D eigenvalue weighted by Crippen LogP contribution is 2.36. The van der Waals surface area contributed by atoms with Crippen molar-refractivity contribution in [3.8, 4) is 11.4 Å². The molecule has 1 fully saturated rings. The van der Waals surface area contributed by atoms with Crippen LogP contribution in [0.15, 0.2) is 71.8 Å². The lowest BCUT2D eigenvalue weighted by molar-refractivity contribution is -0.121. The zero-order valence-corrected chi connectivity index (χ0v) is 24.4. The van der Waals surface area contributed by atoms with E-state index in [0.717, 1.165) is 49.6 Å². The molecule has 5 heterocycles. The van der Waals surface area contributed by atoms with Crippen molar-refractivity contribution in [3.63, 3.8) is 0 Å². The highest BCUT2D eigenvalue weighted by atomic mass is 16.5. The molecule has 0 radical (unpaired) electrons. The van der Waals surface area contributed by atoms with E-state index in [1.54, 1.807) is 15.8 Å². The molecule has 3 aliphatic rings. The fourth-order valence-electron chi connectivity index (χ4n) is 6.81. The SMILES string of the molecule is NC1CCC(n2ccc3cc(Nc4ncc5c(=O)n6n(c5n4)-c4ccc5c(c4)N(CCCC=CC6)C(=O)CO5)ccc32)CC1. The Bertz CT molecular complexity index is 2000. The summed E-state index contributed by atoms with van der Waals surface area (Å²) >= 11 is 0. The van der Waals surface area contributed by atoms with E-state index in [4.69, 9.17) is 15.5 Å². The number of hydrogen-bond donors (Lipinski definition) is 2. The third-order valence-corrected chi connectivity index (χ3v) is 9.11. The van der Waals surface area contributed by atoms with E-state index in [2.05, 4.69) is 45.3 Å². The van der Waals surface area contributed by atoms with Crippen LogP contribution in [0.5, 0.6) is 5.75 Å². The molecule has 0 saturated heterocycles. The summed E-state index contributed by atoms with van der Waals surface area (Å²) in [6, 6.07) is 14.9. The Kier molecular flexibility index (Phi) is 6.48. The van der Waals surface area contributed by atoms with Crippen molar-refractivity contribution < 1.29 is 9.53 Å². The lowest BCUT2D eigenvalue weighted by atomic mass is 9.91. The molecule has 0 atom stereocenters. The number of nitrogens with two attached hydrogens (primary N) is 1. The minimum atomic E-state index is -0.179. The second-order valence-electron chi connectivity index (χ2n) is 11.9. The molecule has 1 saturated carbocycles. The van der Waals surface area contributed by atoms with E-state index >= 15 is 0 Å². The van der Waals surface area contributed by atoms with Gasteiger partial charge in [0, 0.05) is 47.6 Å². The normalized spacial score (nSPS) is 20.2. The van der Waals surface area contributed by atoms with Crippen LogP contribution < -0.4 is 26.2 Å². The number of ether oxygens (including phenoxy) is 1. The van der Waals surface area contributed by atoms with E-state index in [-0.39, 0.29) is 18.1 Å². The van der Waals surface area contributed by atoms with E-state index < -0.39 is 0 Å². The molecule has 44 heavy (non-hydrogen) atoms. The van der Waals surface area contributed by atoms with Crippen LogP contribution in [0.2, 0.25) is 0 Å². The number of hydrogen-bond acceptors (Lipinski definition) is 7. The Labute approximate surface area is 253 Å². The molecule has 1 aliphatic carbocycles. The van der Waals surface area contributed by atoms with Crippen LogP contribution in [0.4, 0.5) is 17.3 Å². The molecular formula is C33H34N8O3. The zero-order chi connectivity index (χ0) is 29.8. The summed E-state index contributed by atoms with van der Waals surface area (Å²) in [7, 11) is 0. The summed E-state index contributed by atoms with van der Waals surface area (Å²) in [5.74, 6) is 0.965. The first-order chi connectivity index (χ1) is 21.5. The Morgan fingerprint density at radius 2 is 1.89 bits per heavy atom. The second kappa shape index (κ2) is 10.7. The highest BCUT2D eigenvalue weighted by molar-refractivity contribution is 5.98. The zero-order valence-electron chi connectivity index (χ0n) is 24.4. The molecule has 3 aromatic heterocycles. The number of carbonyl (C=O) groups excluding carboxylic acids is 1. The summed E-state index contributed by atoms with van der Waals surface area (Å²) in [6.45, 7) is 1.00. The molecule has 0 unspecified atom stereocenters. The number of amides is 1. The predicted octanol–water partition coefficient (Wildman–Crippen LogP) is 4.80. The van der Waals surface area contributed by atoms with Gasteiger partial charge in [-0.05, 0) is 81.0 Å². The molecule has 11 nitrogen and oxygen atoms in total. The van der Waals surface area contributed by atoms with Crippen molar-refractivity contribution >= 4 is 45.2 Å². The average Bonchev–Trinajstić information content (AvgIpc) is 3.57. The Morgan fingerprint density at radius 3 is 2.77 bits per heavy atom. The molecule has 2 aliphatic heterocycles. The molecule has 3 N–H and O–H groups in total. The van der Waals surface area contributed by atoms with Crippen LogP contribution in [0.3, 0.4) is 0 Å². The van der Waals surface area contributed by atoms with Gasteiger partial charge in [0.15, 0.2) is 12.3 Å². The summed E-state index contributed by atoms with van der Waals surface area (Å²) < 4.78 is 11.6. The van der Waals surface area contributed by atoms with Crippen molar-refractivity contribution in [1.82, 2.24) is 23.9 Å². The monoisotopic (exact) mass is 590 g/mol. The van der Waals surface area contributed by atoms with Gasteiger partial charge in [0.25, 0.3) is 11.5 Å². The van der Waals surface area contributed by atoms with Gasteiger partial charge in [0.2, 0.25) is 5.95 Å². The number of aromatic nitrogens is 5. The van der Waals surface area contributed by atoms with Crippen molar-refractivity contribution in [2.24, 2.45) is 5.73 Å². The van der Waals surface area contributed by atoms with E-state index in [1.165, 1.54) is 5.52 Å². The van der Waals surface area contributed by atoms with E-state index in [9.17, 15) is 9.59 Å². The molecule has 0 spiro atoms. The molecule has 5 aromatic rings. The van der Waals surface area contributed by atoms with Gasteiger partial charge in [-0.2, -0.15) is 4.98 Å². The largest absolute Gasteiger partial charge is 0.482 e. The van der Waals surface area contributed by atoms with Crippen LogP contribution >= 0.6 is 0 Å². The molecule has 8 rings (SSSR count). The van der Waals surface area contributed by atoms with Gasteiger partial charge in [-0.15, -0.1) is 0 Å². The predicted molar refractivity (Wildman–Crippen MR) is 170 cm³/mol. The molecule has 2 aromatic carbocycles. The quantitative estimate of drug-likeness (QED) is 0.289. The van der Waals surface area contributed by atoms with Gasteiger partial charge in [-0.3, -0.25) is 9.59 Å². The highest BCUT2D eigenvalue weighted by Gasteiger charge is 2.27. The third-order valence-electron chi connectivity index (χ3n) is 9.11. The van der Waals surface area contributed by atoms with Crippen molar-refractivity contribution in [2.45, 2.75) is 57.2 Å². The fourth-order valence-corrected chi connectivity index (χ4v) is 6.81. The maximum Gasteiger partial charge on any atom is 0.278 e. The van der Waals surface area contributed by atoms with Gasteiger partial charge < -0.3 is 25.3 Å². The van der Waals surface area contributed by atoms with Crippen LogP contribution in [0, 0.1) is 0 Å². The standard InChI is InChI=1S/C33H34N8O3/c34-22-5-8-24(9-6-22)38-16-13-21-17-23(7-11-27(21)38)36-33-35-19-26-31(37-33)41-25-10-12-29-28(18-25)39(30(42)20-44-29)14-3-1-2-4-15-40(41)32(26)43/h2,4,7,10-13,16-19,22,24H,1,3,5-6,8-9,14-15,20,34H2,(H,35,36,37). The topological polar surface area (TPSA) is 125 Å². The van der Waals surface area contributed by atoms with Crippen molar-refractivity contribution in [1.29, 1.82) is 0 Å². The number of carbonyl (C=O) groups is 1. The van der Waals surface area contributed by atoms with Crippen LogP contribution in [0.1, 0.15) is 44.6 Å². The smallest absolute Gasteiger partial charge is 0.278 e. The number of anilines is 3. The summed E-state index contributed by atoms with van der Waals surface area (Å²) in [4.78, 5) is 37.5.